The van der Waals surface area contributed by atoms with Crippen LogP contribution in [0.5, 0.6) is 5.75 Å². The van der Waals surface area contributed by atoms with E-state index in [1.807, 2.05) is 0 Å². The van der Waals surface area contributed by atoms with Crippen molar-refractivity contribution in [3.05, 3.63) is 24.3 Å². The van der Waals surface area contributed by atoms with Gasteiger partial charge in [0, 0.05) is 0 Å². The number of rotatable bonds is 1. The highest BCUT2D eigenvalue weighted by Crippen LogP contribution is 2.08. The number of phenolic OH excluding ortho intramolecular Hbond substituents is 1. The lowest BCUT2D eigenvalue weighted by atomic mass is 10.3. The van der Waals surface area contributed by atoms with Crippen LogP contribution in [0.15, 0.2) is 24.3 Å². The first-order valence-corrected chi connectivity index (χ1v) is 3.27. The molecule has 3 heteroatoms. The Morgan fingerprint density at radius 2 is 2.00 bits per heavy atom. The van der Waals surface area contributed by atoms with E-state index in [-0.39, 0.29) is 14.2 Å². The third kappa shape index (κ3) is 1.27. The van der Waals surface area contributed by atoms with Gasteiger partial charge in [-0.1, -0.05) is 12.1 Å². The van der Waals surface area contributed by atoms with Crippen LogP contribution in [0.4, 0.5) is 0 Å². The lowest BCUT2D eigenvalue weighted by Gasteiger charge is -1.90. The van der Waals surface area contributed by atoms with E-state index in [0.717, 1.165) is 0 Å². The van der Waals surface area contributed by atoms with Gasteiger partial charge in [-0.05, 0) is 12.1 Å². The minimum absolute atomic E-state index is 0.0779. The Balaban J connectivity index is 3.15. The molecule has 0 atom stereocenters. The predicted octanol–water partition coefficient (Wildman–Crippen LogP) is 1.31. The van der Waals surface area contributed by atoms with Gasteiger partial charge < -0.3 is 5.11 Å². The number of para-hydroxylation sites is 1. The first-order chi connectivity index (χ1) is 4.34. The zero-order chi connectivity index (χ0) is 6.69. The number of phenols is 1. The van der Waals surface area contributed by atoms with Crippen LogP contribution in [0, 0.1) is 0 Å². The maximum atomic E-state index is 10.2. The first kappa shape index (κ1) is 6.24. The van der Waals surface area contributed by atoms with E-state index in [9.17, 15) is 4.57 Å². The summed E-state index contributed by atoms with van der Waals surface area (Å²) in [6.07, 6.45) is 0. The van der Waals surface area contributed by atoms with Crippen molar-refractivity contribution >= 4 is 13.8 Å². The van der Waals surface area contributed by atoms with Crippen LogP contribution in [0.2, 0.25) is 0 Å². The second-order valence-corrected chi connectivity index (χ2v) is 2.24. The molecular formula is C6H5O2P. The van der Waals surface area contributed by atoms with Crippen LogP contribution >= 0.6 is 8.46 Å². The molecule has 0 amide bonds. The van der Waals surface area contributed by atoms with Crippen molar-refractivity contribution in [3.63, 3.8) is 0 Å². The van der Waals surface area contributed by atoms with E-state index < -0.39 is 0 Å². The van der Waals surface area contributed by atoms with Gasteiger partial charge in [0.2, 0.25) is 0 Å². The Labute approximate surface area is 54.3 Å². The minimum Gasteiger partial charge on any atom is -0.507 e. The molecule has 1 N–H and O–H groups in total. The highest BCUT2D eigenvalue weighted by atomic mass is 31.1. The summed E-state index contributed by atoms with van der Waals surface area (Å²) in [5.41, 5.74) is 0. The van der Waals surface area contributed by atoms with E-state index in [1.54, 1.807) is 18.2 Å². The Morgan fingerprint density at radius 3 is 2.44 bits per heavy atom. The van der Waals surface area contributed by atoms with E-state index in [1.165, 1.54) is 6.07 Å². The molecule has 0 fully saturated rings. The third-order valence-corrected chi connectivity index (χ3v) is 1.55. The molecule has 2 nitrogen and oxygen atoms in total. The second kappa shape index (κ2) is 2.60. The molecule has 0 radical (unpaired) electrons. The van der Waals surface area contributed by atoms with Gasteiger partial charge in [-0.2, -0.15) is 0 Å². The van der Waals surface area contributed by atoms with E-state index in [4.69, 9.17) is 5.11 Å². The van der Waals surface area contributed by atoms with Gasteiger partial charge in [-0.15, -0.1) is 0 Å². The van der Waals surface area contributed by atoms with Gasteiger partial charge in [-0.3, -0.25) is 4.57 Å². The smallest absolute Gasteiger partial charge is 0.196 e. The maximum absolute atomic E-state index is 10.2. The van der Waals surface area contributed by atoms with Gasteiger partial charge in [0.1, 0.15) is 5.75 Å². The highest BCUT2D eigenvalue weighted by Gasteiger charge is 1.94. The average molecular weight is 140 g/mol. The molecule has 1 aromatic rings. The maximum Gasteiger partial charge on any atom is 0.196 e. The van der Waals surface area contributed by atoms with Crippen LogP contribution in [-0.2, 0) is 4.57 Å². The van der Waals surface area contributed by atoms with Gasteiger partial charge in [0.05, 0.1) is 5.30 Å². The van der Waals surface area contributed by atoms with Gasteiger partial charge >= 0.3 is 0 Å². The summed E-state index contributed by atoms with van der Waals surface area (Å²) in [5.74, 6) is 0.0779. The second-order valence-electron chi connectivity index (χ2n) is 1.58. The molecule has 0 aliphatic rings. The number of aromatic hydroxyl groups is 1. The van der Waals surface area contributed by atoms with Crippen molar-refractivity contribution in [1.29, 1.82) is 0 Å². The van der Waals surface area contributed by atoms with E-state index >= 15 is 0 Å². The first-order valence-electron chi connectivity index (χ1n) is 2.46. The number of hydrogen-bond donors (Lipinski definition) is 1. The SMILES string of the molecule is O=Pc1ccccc1O. The molecule has 0 saturated heterocycles. The Bertz CT molecular complexity index is 222. The highest BCUT2D eigenvalue weighted by molar-refractivity contribution is 7.34. The zero-order valence-electron chi connectivity index (χ0n) is 4.61. The van der Waals surface area contributed by atoms with Crippen LogP contribution in [-0.4, -0.2) is 5.11 Å². The summed E-state index contributed by atoms with van der Waals surface area (Å²) in [6.45, 7) is 0. The van der Waals surface area contributed by atoms with Crippen LogP contribution in [0.3, 0.4) is 0 Å². The molecule has 0 heterocycles. The monoisotopic (exact) mass is 140 g/mol. The van der Waals surface area contributed by atoms with Crippen molar-refractivity contribution < 1.29 is 9.67 Å². The van der Waals surface area contributed by atoms with E-state index in [0.29, 0.717) is 5.30 Å². The molecule has 0 unspecified atom stereocenters. The van der Waals surface area contributed by atoms with Crippen molar-refractivity contribution in [2.24, 2.45) is 0 Å². The molecule has 46 valence electrons. The fourth-order valence-electron chi connectivity index (χ4n) is 0.541. The standard InChI is InChI=1S/C6H5O2P/c7-5-3-1-2-4-6(5)9-8/h1-4,7H. The van der Waals surface area contributed by atoms with Gasteiger partial charge in [-0.25, -0.2) is 0 Å². The van der Waals surface area contributed by atoms with Crippen LogP contribution in [0.1, 0.15) is 0 Å². The Morgan fingerprint density at radius 1 is 1.33 bits per heavy atom. The van der Waals surface area contributed by atoms with Gasteiger partial charge in [0.25, 0.3) is 0 Å². The molecule has 0 spiro atoms. The summed E-state index contributed by atoms with van der Waals surface area (Å²) in [4.78, 5) is 0. The molecule has 1 rings (SSSR count). The normalized spacial score (nSPS) is 9.78. The molecule has 0 aromatic heterocycles. The van der Waals surface area contributed by atoms with Crippen molar-refractivity contribution in [3.8, 4) is 5.75 Å². The Kier molecular flexibility index (Phi) is 1.81. The lowest BCUT2D eigenvalue weighted by molar-refractivity contribution is 0.479. The summed E-state index contributed by atoms with van der Waals surface area (Å²) in [6, 6.07) is 6.51. The largest absolute Gasteiger partial charge is 0.507 e. The Hall–Kier alpha value is -0.880. The lowest BCUT2D eigenvalue weighted by Crippen LogP contribution is -1.88. The van der Waals surface area contributed by atoms with Crippen LogP contribution < -0.4 is 5.30 Å². The van der Waals surface area contributed by atoms with Crippen molar-refractivity contribution in [2.45, 2.75) is 0 Å². The van der Waals surface area contributed by atoms with Crippen molar-refractivity contribution in [2.75, 3.05) is 0 Å². The molecule has 0 saturated carbocycles. The third-order valence-electron chi connectivity index (χ3n) is 0.980. The molecule has 0 bridgehead atoms. The summed E-state index contributed by atoms with van der Waals surface area (Å²) in [7, 11) is -0.138. The predicted molar refractivity (Wildman–Crippen MR) is 35.3 cm³/mol. The topological polar surface area (TPSA) is 37.3 Å². The minimum atomic E-state index is -0.138. The van der Waals surface area contributed by atoms with Crippen molar-refractivity contribution in [1.82, 2.24) is 0 Å². The molecule has 1 aromatic carbocycles. The average Bonchev–Trinajstić information content (AvgIpc) is 1.89. The van der Waals surface area contributed by atoms with Gasteiger partial charge in [0.15, 0.2) is 8.46 Å². The summed E-state index contributed by atoms with van der Waals surface area (Å²) < 4.78 is 10.2. The fraction of sp³-hybridized carbons (Fsp3) is 0. The number of hydrogen-bond acceptors (Lipinski definition) is 2. The molecule has 0 aliphatic heterocycles. The summed E-state index contributed by atoms with van der Waals surface area (Å²) >= 11 is 0. The molecular weight excluding hydrogens is 135 g/mol. The quantitative estimate of drug-likeness (QED) is 0.597. The zero-order valence-corrected chi connectivity index (χ0v) is 5.51. The van der Waals surface area contributed by atoms with E-state index in [2.05, 4.69) is 0 Å². The molecule has 0 aliphatic carbocycles. The fourth-order valence-corrected chi connectivity index (χ4v) is 0.856. The molecule has 9 heavy (non-hydrogen) atoms. The summed E-state index contributed by atoms with van der Waals surface area (Å²) in [5, 5.41) is 9.33. The number of benzene rings is 1. The van der Waals surface area contributed by atoms with Crippen LogP contribution in [0.25, 0.3) is 0 Å².